The molecule has 1 aliphatic heterocycles. The minimum absolute atomic E-state index is 0.134. The van der Waals surface area contributed by atoms with Gasteiger partial charge in [0.1, 0.15) is 5.75 Å². The first-order chi connectivity index (χ1) is 12.7. The highest BCUT2D eigenvalue weighted by atomic mass is 16.5. The third-order valence-corrected chi connectivity index (χ3v) is 4.73. The zero-order chi connectivity index (χ0) is 18.4. The summed E-state index contributed by atoms with van der Waals surface area (Å²) in [5.41, 5.74) is 2.59. The van der Waals surface area contributed by atoms with Crippen molar-refractivity contribution >= 4 is 17.3 Å². The van der Waals surface area contributed by atoms with Gasteiger partial charge in [0.25, 0.3) is 5.91 Å². The minimum atomic E-state index is -0.134. The third kappa shape index (κ3) is 4.55. The number of amides is 1. The Morgan fingerprint density at radius 2 is 1.81 bits per heavy atom. The topological polar surface area (TPSA) is 44.8 Å². The molecule has 5 heteroatoms. The number of piperazine rings is 1. The molecule has 0 unspecified atom stereocenters. The Morgan fingerprint density at radius 1 is 1.08 bits per heavy atom. The SMILES string of the molecule is CCCN1CCN(c2ccc(NC(=O)c3cccc(OC)c3)cc2)CC1. The van der Waals surface area contributed by atoms with Gasteiger partial charge in [-0.05, 0) is 55.4 Å². The van der Waals surface area contributed by atoms with Gasteiger partial charge in [-0.15, -0.1) is 0 Å². The van der Waals surface area contributed by atoms with Crippen LogP contribution in [0.1, 0.15) is 23.7 Å². The van der Waals surface area contributed by atoms with Crippen LogP contribution in [0, 0.1) is 0 Å². The summed E-state index contributed by atoms with van der Waals surface area (Å²) >= 11 is 0. The number of nitrogens with zero attached hydrogens (tertiary/aromatic N) is 2. The van der Waals surface area contributed by atoms with E-state index in [1.54, 1.807) is 19.2 Å². The number of hydrogen-bond acceptors (Lipinski definition) is 4. The van der Waals surface area contributed by atoms with Gasteiger partial charge in [0.15, 0.2) is 0 Å². The number of nitrogens with one attached hydrogen (secondary N) is 1. The van der Waals surface area contributed by atoms with E-state index in [2.05, 4.69) is 34.2 Å². The van der Waals surface area contributed by atoms with E-state index in [0.29, 0.717) is 11.3 Å². The highest BCUT2D eigenvalue weighted by Gasteiger charge is 2.16. The van der Waals surface area contributed by atoms with E-state index >= 15 is 0 Å². The number of carbonyl (C=O) groups excluding carboxylic acids is 1. The van der Waals surface area contributed by atoms with Gasteiger partial charge in [-0.25, -0.2) is 0 Å². The summed E-state index contributed by atoms with van der Waals surface area (Å²) in [6.45, 7) is 7.74. The molecule has 1 fully saturated rings. The number of ether oxygens (including phenoxy) is 1. The fourth-order valence-corrected chi connectivity index (χ4v) is 3.27. The van der Waals surface area contributed by atoms with Gasteiger partial charge in [0, 0.05) is 43.1 Å². The molecule has 5 nitrogen and oxygen atoms in total. The Bertz CT molecular complexity index is 722. The molecule has 26 heavy (non-hydrogen) atoms. The molecular formula is C21H27N3O2. The predicted octanol–water partition coefficient (Wildman–Crippen LogP) is 3.48. The normalized spacial score (nSPS) is 14.9. The van der Waals surface area contributed by atoms with Crippen LogP contribution in [-0.4, -0.2) is 50.6 Å². The Morgan fingerprint density at radius 3 is 2.46 bits per heavy atom. The van der Waals surface area contributed by atoms with E-state index < -0.39 is 0 Å². The lowest BCUT2D eigenvalue weighted by Crippen LogP contribution is -2.46. The van der Waals surface area contributed by atoms with Crippen LogP contribution in [0.2, 0.25) is 0 Å². The molecule has 1 amide bonds. The van der Waals surface area contributed by atoms with Crippen LogP contribution >= 0.6 is 0 Å². The van der Waals surface area contributed by atoms with E-state index in [4.69, 9.17) is 4.74 Å². The highest BCUT2D eigenvalue weighted by molar-refractivity contribution is 6.04. The summed E-state index contributed by atoms with van der Waals surface area (Å²) in [5, 5.41) is 2.94. The molecule has 1 saturated heterocycles. The van der Waals surface area contributed by atoms with Crippen LogP contribution in [0.5, 0.6) is 5.75 Å². The van der Waals surface area contributed by atoms with E-state index in [1.165, 1.54) is 18.7 Å². The van der Waals surface area contributed by atoms with Crippen molar-refractivity contribution in [2.45, 2.75) is 13.3 Å². The molecule has 1 heterocycles. The van der Waals surface area contributed by atoms with Crippen LogP contribution in [0.25, 0.3) is 0 Å². The second-order valence-corrected chi connectivity index (χ2v) is 6.56. The van der Waals surface area contributed by atoms with Crippen LogP contribution in [0.3, 0.4) is 0 Å². The third-order valence-electron chi connectivity index (χ3n) is 4.73. The lowest BCUT2D eigenvalue weighted by atomic mass is 10.2. The van der Waals surface area contributed by atoms with Crippen molar-refractivity contribution in [2.75, 3.05) is 50.1 Å². The predicted molar refractivity (Wildman–Crippen MR) is 106 cm³/mol. The van der Waals surface area contributed by atoms with Crippen LogP contribution in [0.4, 0.5) is 11.4 Å². The van der Waals surface area contributed by atoms with Gasteiger partial charge in [-0.3, -0.25) is 9.69 Å². The number of methoxy groups -OCH3 is 1. The lowest BCUT2D eigenvalue weighted by Gasteiger charge is -2.36. The van der Waals surface area contributed by atoms with Gasteiger partial charge in [0.2, 0.25) is 0 Å². The second kappa shape index (κ2) is 8.72. The number of anilines is 2. The molecule has 0 bridgehead atoms. The quantitative estimate of drug-likeness (QED) is 0.864. The van der Waals surface area contributed by atoms with Crippen molar-refractivity contribution in [1.29, 1.82) is 0 Å². The summed E-state index contributed by atoms with van der Waals surface area (Å²) in [4.78, 5) is 17.3. The maximum Gasteiger partial charge on any atom is 0.255 e. The maximum atomic E-state index is 12.4. The summed E-state index contributed by atoms with van der Waals surface area (Å²) in [5.74, 6) is 0.542. The molecule has 2 aromatic carbocycles. The molecular weight excluding hydrogens is 326 g/mol. The van der Waals surface area contributed by atoms with Crippen molar-refractivity contribution in [3.63, 3.8) is 0 Å². The van der Waals surface area contributed by atoms with Gasteiger partial charge >= 0.3 is 0 Å². The van der Waals surface area contributed by atoms with Crippen molar-refractivity contribution in [3.8, 4) is 5.75 Å². The van der Waals surface area contributed by atoms with Crippen LogP contribution < -0.4 is 15.0 Å². The Hall–Kier alpha value is -2.53. The minimum Gasteiger partial charge on any atom is -0.497 e. The fraction of sp³-hybridized carbons (Fsp3) is 0.381. The van der Waals surface area contributed by atoms with Gasteiger partial charge in [0.05, 0.1) is 7.11 Å². The van der Waals surface area contributed by atoms with Crippen LogP contribution in [-0.2, 0) is 0 Å². The summed E-state index contributed by atoms with van der Waals surface area (Å²) < 4.78 is 5.17. The zero-order valence-electron chi connectivity index (χ0n) is 15.6. The monoisotopic (exact) mass is 353 g/mol. The first-order valence-corrected chi connectivity index (χ1v) is 9.22. The molecule has 2 aromatic rings. The molecule has 0 aromatic heterocycles. The maximum absolute atomic E-state index is 12.4. The molecule has 138 valence electrons. The van der Waals surface area contributed by atoms with E-state index in [0.717, 1.165) is 31.9 Å². The standard InChI is InChI=1S/C21H27N3O2/c1-3-11-23-12-14-24(15-13-23)19-9-7-18(8-10-19)22-21(25)17-5-4-6-20(16-17)26-2/h4-10,16H,3,11-15H2,1-2H3,(H,22,25). The second-order valence-electron chi connectivity index (χ2n) is 6.56. The largest absolute Gasteiger partial charge is 0.497 e. The van der Waals surface area contributed by atoms with E-state index in [9.17, 15) is 4.79 Å². The molecule has 0 atom stereocenters. The first-order valence-electron chi connectivity index (χ1n) is 9.22. The number of rotatable bonds is 6. The number of benzene rings is 2. The van der Waals surface area contributed by atoms with Crippen molar-refractivity contribution in [2.24, 2.45) is 0 Å². The lowest BCUT2D eigenvalue weighted by molar-refractivity contribution is 0.102. The van der Waals surface area contributed by atoms with Gasteiger partial charge in [-0.2, -0.15) is 0 Å². The molecule has 0 aliphatic carbocycles. The Balaban J connectivity index is 1.58. The zero-order valence-corrected chi connectivity index (χ0v) is 15.6. The smallest absolute Gasteiger partial charge is 0.255 e. The van der Waals surface area contributed by atoms with Gasteiger partial charge in [-0.1, -0.05) is 13.0 Å². The van der Waals surface area contributed by atoms with Gasteiger partial charge < -0.3 is 15.0 Å². The average molecular weight is 353 g/mol. The molecule has 0 radical (unpaired) electrons. The number of hydrogen-bond donors (Lipinski definition) is 1. The highest BCUT2D eigenvalue weighted by Crippen LogP contribution is 2.21. The summed E-state index contributed by atoms with van der Waals surface area (Å²) in [6, 6.07) is 15.2. The summed E-state index contributed by atoms with van der Waals surface area (Å²) in [6.07, 6.45) is 1.21. The Kier molecular flexibility index (Phi) is 6.12. The van der Waals surface area contributed by atoms with Crippen molar-refractivity contribution < 1.29 is 9.53 Å². The van der Waals surface area contributed by atoms with E-state index in [1.807, 2.05) is 24.3 Å². The molecule has 1 N–H and O–H groups in total. The number of carbonyl (C=O) groups is 1. The van der Waals surface area contributed by atoms with Crippen LogP contribution in [0.15, 0.2) is 48.5 Å². The summed E-state index contributed by atoms with van der Waals surface area (Å²) in [7, 11) is 1.60. The Labute approximate surface area is 155 Å². The fourth-order valence-electron chi connectivity index (χ4n) is 3.27. The molecule has 0 spiro atoms. The molecule has 1 aliphatic rings. The van der Waals surface area contributed by atoms with E-state index in [-0.39, 0.29) is 5.91 Å². The van der Waals surface area contributed by atoms with Crippen molar-refractivity contribution in [3.05, 3.63) is 54.1 Å². The first kappa shape index (κ1) is 18.3. The molecule has 3 rings (SSSR count). The average Bonchev–Trinajstić information content (AvgIpc) is 2.69. The van der Waals surface area contributed by atoms with Crippen molar-refractivity contribution in [1.82, 2.24) is 4.90 Å². The molecule has 0 saturated carbocycles.